The molecule has 0 bridgehead atoms. The minimum absolute atomic E-state index is 0.149. The van der Waals surface area contributed by atoms with Crippen LogP contribution in [0, 0.1) is 0 Å². The molecule has 5 heteroatoms. The monoisotopic (exact) mass is 478 g/mol. The average molecular weight is 479 g/mol. The average Bonchev–Trinajstić information content (AvgIpc) is 2.86. The molecule has 0 N–H and O–H groups in total. The zero-order valence-electron chi connectivity index (χ0n) is 19.5. The number of carbonyl (C=O) groups excluding carboxylic acids is 2. The Hall–Kier alpha value is -3.11. The number of hydrogen-bond donors (Lipinski definition) is 0. The van der Waals surface area contributed by atoms with Crippen LogP contribution in [0.2, 0.25) is 0 Å². The summed E-state index contributed by atoms with van der Waals surface area (Å²) in [6.07, 6.45) is 5.27. The number of hydrogen-bond acceptors (Lipinski definition) is 4. The Morgan fingerprint density at radius 1 is 0.824 bits per heavy atom. The molecule has 0 heterocycles. The van der Waals surface area contributed by atoms with E-state index in [-0.39, 0.29) is 18.0 Å². The third-order valence-electron chi connectivity index (χ3n) is 5.47. The number of unbranched alkanes of at least 4 members (excludes halogenated alkanes) is 3. The van der Waals surface area contributed by atoms with Crippen LogP contribution in [0.3, 0.4) is 0 Å². The smallest absolute Gasteiger partial charge is 0.338 e. The Balaban J connectivity index is 1.47. The van der Waals surface area contributed by atoms with Crippen molar-refractivity contribution in [3.63, 3.8) is 0 Å². The number of esters is 2. The van der Waals surface area contributed by atoms with Gasteiger partial charge in [-0.3, -0.25) is 4.79 Å². The van der Waals surface area contributed by atoms with Crippen LogP contribution >= 0.6 is 11.6 Å². The van der Waals surface area contributed by atoms with Crippen LogP contribution in [0.5, 0.6) is 5.75 Å². The van der Waals surface area contributed by atoms with Crippen molar-refractivity contribution in [2.24, 2.45) is 0 Å². The van der Waals surface area contributed by atoms with Crippen molar-refractivity contribution >= 4 is 23.5 Å². The molecule has 178 valence electrons. The highest BCUT2D eigenvalue weighted by Crippen LogP contribution is 2.23. The van der Waals surface area contributed by atoms with Crippen LogP contribution < -0.4 is 4.74 Å². The minimum Gasteiger partial charge on any atom is -0.461 e. The molecule has 3 aromatic rings. The molecule has 0 aromatic heterocycles. The van der Waals surface area contributed by atoms with E-state index in [4.69, 9.17) is 21.1 Å². The summed E-state index contributed by atoms with van der Waals surface area (Å²) in [6.45, 7) is 2.29. The van der Waals surface area contributed by atoms with Gasteiger partial charge in [-0.1, -0.05) is 80.8 Å². The zero-order chi connectivity index (χ0) is 24.2. The van der Waals surface area contributed by atoms with Gasteiger partial charge in [-0.05, 0) is 53.8 Å². The standard InChI is InChI=1S/C29H31ClO4/c1-2-3-4-8-11-28(31)34-27-18-16-24(17-19-27)23-12-14-25(15-13-23)29(32)33-21-26(30)20-22-9-6-5-7-10-22/h5-7,9-10,12-19,26H,2-4,8,11,20-21H2,1H3. The molecular formula is C29H31ClO4. The molecule has 0 saturated heterocycles. The molecule has 1 atom stereocenters. The molecule has 0 saturated carbocycles. The predicted molar refractivity (Wildman–Crippen MR) is 136 cm³/mol. The second-order valence-corrected chi connectivity index (χ2v) is 8.89. The Kier molecular flexibility index (Phi) is 10.2. The van der Waals surface area contributed by atoms with E-state index in [1.165, 1.54) is 0 Å². The van der Waals surface area contributed by atoms with Gasteiger partial charge in [0.2, 0.25) is 0 Å². The summed E-state index contributed by atoms with van der Waals surface area (Å²) in [5, 5.41) is -0.283. The molecule has 3 aromatic carbocycles. The number of rotatable bonds is 12. The summed E-state index contributed by atoms with van der Waals surface area (Å²) in [4.78, 5) is 24.3. The van der Waals surface area contributed by atoms with Crippen LogP contribution in [0.15, 0.2) is 78.9 Å². The Morgan fingerprint density at radius 2 is 1.47 bits per heavy atom. The van der Waals surface area contributed by atoms with Crippen molar-refractivity contribution in [2.45, 2.75) is 50.8 Å². The highest BCUT2D eigenvalue weighted by Gasteiger charge is 2.12. The van der Waals surface area contributed by atoms with Crippen molar-refractivity contribution < 1.29 is 19.1 Å². The van der Waals surface area contributed by atoms with E-state index >= 15 is 0 Å². The second kappa shape index (κ2) is 13.6. The maximum absolute atomic E-state index is 12.4. The molecule has 0 aliphatic carbocycles. The topological polar surface area (TPSA) is 52.6 Å². The number of alkyl halides is 1. The van der Waals surface area contributed by atoms with Crippen molar-refractivity contribution in [3.05, 3.63) is 90.0 Å². The zero-order valence-corrected chi connectivity index (χ0v) is 20.3. The number of ether oxygens (including phenoxy) is 2. The lowest BCUT2D eigenvalue weighted by Crippen LogP contribution is -2.16. The summed E-state index contributed by atoms with van der Waals surface area (Å²) in [7, 11) is 0. The van der Waals surface area contributed by atoms with Gasteiger partial charge < -0.3 is 9.47 Å². The first-order valence-electron chi connectivity index (χ1n) is 11.8. The SMILES string of the molecule is CCCCCCC(=O)Oc1ccc(-c2ccc(C(=O)OCC(Cl)Cc3ccccc3)cc2)cc1. The van der Waals surface area contributed by atoms with Gasteiger partial charge in [0.1, 0.15) is 12.4 Å². The van der Waals surface area contributed by atoms with Crippen LogP contribution in [-0.4, -0.2) is 23.9 Å². The van der Waals surface area contributed by atoms with Gasteiger partial charge in [0.25, 0.3) is 0 Å². The van der Waals surface area contributed by atoms with E-state index in [9.17, 15) is 9.59 Å². The Labute approximate surface area is 206 Å². The molecule has 34 heavy (non-hydrogen) atoms. The van der Waals surface area contributed by atoms with Gasteiger partial charge in [0, 0.05) is 6.42 Å². The molecular weight excluding hydrogens is 448 g/mol. The van der Waals surface area contributed by atoms with E-state index in [1.54, 1.807) is 24.3 Å². The van der Waals surface area contributed by atoms with Crippen LogP contribution in [0.25, 0.3) is 11.1 Å². The first-order chi connectivity index (χ1) is 16.5. The molecule has 0 radical (unpaired) electrons. The summed E-state index contributed by atoms with van der Waals surface area (Å²) >= 11 is 6.33. The van der Waals surface area contributed by atoms with Gasteiger partial charge in [-0.15, -0.1) is 11.6 Å². The van der Waals surface area contributed by atoms with E-state index < -0.39 is 5.97 Å². The van der Waals surface area contributed by atoms with E-state index in [1.807, 2.05) is 54.6 Å². The predicted octanol–water partition coefficient (Wildman–Crippen LogP) is 7.24. The molecule has 1 unspecified atom stereocenters. The summed E-state index contributed by atoms with van der Waals surface area (Å²) < 4.78 is 10.8. The van der Waals surface area contributed by atoms with Gasteiger partial charge in [0.05, 0.1) is 10.9 Å². The van der Waals surface area contributed by atoms with E-state index in [0.29, 0.717) is 24.2 Å². The van der Waals surface area contributed by atoms with Crippen LogP contribution in [0.4, 0.5) is 0 Å². The van der Waals surface area contributed by atoms with Crippen LogP contribution in [-0.2, 0) is 16.0 Å². The lowest BCUT2D eigenvalue weighted by Gasteiger charge is -2.11. The van der Waals surface area contributed by atoms with Gasteiger partial charge in [-0.25, -0.2) is 4.79 Å². The quantitative estimate of drug-likeness (QED) is 0.119. The van der Waals surface area contributed by atoms with Crippen LogP contribution in [0.1, 0.15) is 54.9 Å². The number of benzene rings is 3. The van der Waals surface area contributed by atoms with Crippen molar-refractivity contribution in [2.75, 3.05) is 6.61 Å². The first-order valence-corrected chi connectivity index (χ1v) is 12.2. The fraction of sp³-hybridized carbons (Fsp3) is 0.310. The second-order valence-electron chi connectivity index (χ2n) is 8.27. The summed E-state index contributed by atoms with van der Waals surface area (Å²) in [5.41, 5.74) is 3.50. The fourth-order valence-electron chi connectivity index (χ4n) is 3.57. The lowest BCUT2D eigenvalue weighted by molar-refractivity contribution is -0.134. The van der Waals surface area contributed by atoms with Gasteiger partial charge in [0.15, 0.2) is 0 Å². The maximum Gasteiger partial charge on any atom is 0.338 e. The Bertz CT molecular complexity index is 1030. The van der Waals surface area contributed by atoms with E-state index in [2.05, 4.69) is 6.92 Å². The molecule has 0 aliphatic rings. The van der Waals surface area contributed by atoms with E-state index in [0.717, 1.165) is 42.4 Å². The third-order valence-corrected chi connectivity index (χ3v) is 5.75. The lowest BCUT2D eigenvalue weighted by atomic mass is 10.0. The summed E-state index contributed by atoms with van der Waals surface area (Å²) in [6, 6.07) is 24.5. The molecule has 4 nitrogen and oxygen atoms in total. The summed E-state index contributed by atoms with van der Waals surface area (Å²) in [5.74, 6) is -0.0586. The highest BCUT2D eigenvalue weighted by atomic mass is 35.5. The number of carbonyl (C=O) groups is 2. The number of halogens is 1. The molecule has 0 spiro atoms. The molecule has 0 amide bonds. The van der Waals surface area contributed by atoms with Crippen molar-refractivity contribution in [1.82, 2.24) is 0 Å². The third kappa shape index (κ3) is 8.35. The molecule has 0 fully saturated rings. The molecule has 0 aliphatic heterocycles. The highest BCUT2D eigenvalue weighted by molar-refractivity contribution is 6.20. The van der Waals surface area contributed by atoms with Crippen molar-refractivity contribution in [1.29, 1.82) is 0 Å². The van der Waals surface area contributed by atoms with Gasteiger partial charge >= 0.3 is 11.9 Å². The fourth-order valence-corrected chi connectivity index (χ4v) is 3.81. The largest absolute Gasteiger partial charge is 0.461 e. The Morgan fingerprint density at radius 3 is 2.12 bits per heavy atom. The minimum atomic E-state index is -0.397. The maximum atomic E-state index is 12.4. The normalized spacial score (nSPS) is 11.6. The van der Waals surface area contributed by atoms with Gasteiger partial charge in [-0.2, -0.15) is 0 Å². The van der Waals surface area contributed by atoms with Crippen molar-refractivity contribution in [3.8, 4) is 16.9 Å². The first kappa shape index (κ1) is 25.5. The molecule has 3 rings (SSSR count).